The third-order valence-electron chi connectivity index (χ3n) is 8.34. The summed E-state index contributed by atoms with van der Waals surface area (Å²) in [6.45, 7) is 0.388. The van der Waals surface area contributed by atoms with E-state index in [9.17, 15) is 27.5 Å². The van der Waals surface area contributed by atoms with Crippen LogP contribution in [-0.2, 0) is 6.54 Å². The third kappa shape index (κ3) is 5.08. The summed E-state index contributed by atoms with van der Waals surface area (Å²) in [6, 6.07) is 8.91. The van der Waals surface area contributed by atoms with Crippen LogP contribution in [-0.4, -0.2) is 45.7 Å². The molecule has 2 aromatic heterocycles. The van der Waals surface area contributed by atoms with Crippen LogP contribution in [0.5, 0.6) is 5.75 Å². The van der Waals surface area contributed by atoms with Crippen molar-refractivity contribution in [1.29, 1.82) is 0 Å². The molecule has 4 heterocycles. The highest BCUT2D eigenvalue weighted by Crippen LogP contribution is 2.46. The number of rotatable bonds is 8. The molecule has 2 aromatic carbocycles. The van der Waals surface area contributed by atoms with E-state index in [2.05, 4.69) is 25.1 Å². The Bertz CT molecular complexity index is 1650. The largest absolute Gasteiger partial charge is 0.573 e. The summed E-state index contributed by atoms with van der Waals surface area (Å²) in [5.74, 6) is -1.24. The minimum absolute atomic E-state index is 0.104. The van der Waals surface area contributed by atoms with E-state index in [1.54, 1.807) is 12.1 Å². The number of anilines is 1. The zero-order valence-corrected chi connectivity index (χ0v) is 23.0. The van der Waals surface area contributed by atoms with Crippen LogP contribution in [0.3, 0.4) is 0 Å². The highest BCUT2D eigenvalue weighted by molar-refractivity contribution is 7.22. The lowest BCUT2D eigenvalue weighted by Gasteiger charge is -2.39. The zero-order chi connectivity index (χ0) is 29.2. The van der Waals surface area contributed by atoms with Gasteiger partial charge in [0.05, 0.1) is 10.3 Å². The van der Waals surface area contributed by atoms with Gasteiger partial charge in [-0.15, -0.1) is 13.2 Å². The number of carboxylic acids is 1. The molecule has 1 saturated carbocycles. The summed E-state index contributed by atoms with van der Waals surface area (Å²) in [7, 11) is 0. The average molecular weight is 603 g/mol. The van der Waals surface area contributed by atoms with E-state index < -0.39 is 18.1 Å². The van der Waals surface area contributed by atoms with Crippen molar-refractivity contribution in [1.82, 2.24) is 15.5 Å². The van der Waals surface area contributed by atoms with E-state index in [0.29, 0.717) is 27.8 Å². The number of halogens is 4. The fourth-order valence-corrected chi connectivity index (χ4v) is 7.52. The second-order valence-electron chi connectivity index (χ2n) is 11.1. The molecular weight excluding hydrogens is 576 g/mol. The lowest BCUT2D eigenvalue weighted by atomic mass is 9.97. The number of benzene rings is 2. The highest BCUT2D eigenvalue weighted by atomic mass is 32.1. The Hall–Kier alpha value is -3.71. The number of piperidine rings is 1. The Labute approximate surface area is 241 Å². The molecule has 8 nitrogen and oxygen atoms in total. The average Bonchev–Trinajstić information content (AvgIpc) is 3.45. The summed E-state index contributed by atoms with van der Waals surface area (Å²) < 4.78 is 64.4. The third-order valence-corrected chi connectivity index (χ3v) is 9.36. The molecule has 2 bridgehead atoms. The van der Waals surface area contributed by atoms with E-state index in [-0.39, 0.29) is 46.4 Å². The topological polar surface area (TPSA) is 101 Å². The van der Waals surface area contributed by atoms with Gasteiger partial charge in [-0.05, 0) is 62.8 Å². The van der Waals surface area contributed by atoms with Crippen molar-refractivity contribution in [3.05, 3.63) is 59.1 Å². The van der Waals surface area contributed by atoms with E-state index in [1.807, 2.05) is 0 Å². The quantitative estimate of drug-likeness (QED) is 0.211. The maximum absolute atomic E-state index is 14.6. The van der Waals surface area contributed by atoms with Crippen molar-refractivity contribution in [2.75, 3.05) is 4.90 Å². The first kappa shape index (κ1) is 27.1. The first-order valence-electron chi connectivity index (χ1n) is 13.8. The maximum Gasteiger partial charge on any atom is 0.573 e. The molecule has 2 atom stereocenters. The number of hydrogen-bond donors (Lipinski definition) is 2. The van der Waals surface area contributed by atoms with Crippen molar-refractivity contribution < 1.29 is 36.7 Å². The summed E-state index contributed by atoms with van der Waals surface area (Å²) in [6.07, 6.45) is 0.581. The van der Waals surface area contributed by atoms with Gasteiger partial charge in [-0.2, -0.15) is 0 Å². The number of fused-ring (bicyclic) bond motifs is 3. The number of aromatic nitrogens is 2. The van der Waals surface area contributed by atoms with Gasteiger partial charge in [0.1, 0.15) is 22.7 Å². The predicted octanol–water partition coefficient (Wildman–Crippen LogP) is 6.85. The molecule has 13 heteroatoms. The smallest absolute Gasteiger partial charge is 0.478 e. The number of aromatic carboxylic acids is 1. The number of carbonyl (C=O) groups is 1. The second kappa shape index (κ2) is 10.2. The molecule has 3 aliphatic rings. The summed E-state index contributed by atoms with van der Waals surface area (Å²) in [5, 5.41) is 17.8. The van der Waals surface area contributed by atoms with Gasteiger partial charge in [0, 0.05) is 41.7 Å². The van der Waals surface area contributed by atoms with Crippen molar-refractivity contribution in [2.24, 2.45) is 0 Å². The Morgan fingerprint density at radius 3 is 2.57 bits per heavy atom. The molecule has 2 unspecified atom stereocenters. The van der Waals surface area contributed by atoms with E-state index in [4.69, 9.17) is 4.52 Å². The number of thiazole rings is 1. The Balaban J connectivity index is 1.10. The molecule has 7 rings (SSSR count). The molecule has 42 heavy (non-hydrogen) atoms. The summed E-state index contributed by atoms with van der Waals surface area (Å²) in [4.78, 5) is 18.2. The van der Waals surface area contributed by atoms with Crippen molar-refractivity contribution in [2.45, 2.75) is 75.5 Å². The minimum atomic E-state index is -4.83. The Morgan fingerprint density at radius 1 is 1.14 bits per heavy atom. The SMILES string of the molecule is O=C(O)c1cc(F)c2nc(N3C4CCC3CC(NCc3c(-c5ccccc5OC(F)(F)F)noc3C3CC3)C4)sc2c1. The fraction of sp³-hybridized carbons (Fsp3) is 0.414. The van der Waals surface area contributed by atoms with Crippen LogP contribution in [0.15, 0.2) is 40.9 Å². The van der Waals surface area contributed by atoms with E-state index in [0.717, 1.165) is 50.2 Å². The van der Waals surface area contributed by atoms with Crippen LogP contribution in [0.1, 0.15) is 66.1 Å². The van der Waals surface area contributed by atoms with E-state index in [1.165, 1.54) is 29.5 Å². The molecule has 2 aliphatic heterocycles. The van der Waals surface area contributed by atoms with Gasteiger partial charge in [0.25, 0.3) is 0 Å². The molecule has 0 spiro atoms. The van der Waals surface area contributed by atoms with Gasteiger partial charge in [-0.25, -0.2) is 14.2 Å². The minimum Gasteiger partial charge on any atom is -0.478 e. The number of ether oxygens (including phenoxy) is 1. The van der Waals surface area contributed by atoms with Crippen LogP contribution >= 0.6 is 11.3 Å². The lowest BCUT2D eigenvalue weighted by molar-refractivity contribution is -0.274. The second-order valence-corrected chi connectivity index (χ2v) is 12.1. The number of alkyl halides is 3. The molecule has 1 aliphatic carbocycles. The van der Waals surface area contributed by atoms with E-state index >= 15 is 0 Å². The number of nitrogens with one attached hydrogen (secondary N) is 1. The van der Waals surface area contributed by atoms with Crippen LogP contribution in [0, 0.1) is 5.82 Å². The van der Waals surface area contributed by atoms with Gasteiger partial charge < -0.3 is 24.6 Å². The zero-order valence-electron chi connectivity index (χ0n) is 22.2. The van der Waals surface area contributed by atoms with Gasteiger partial charge in [0.2, 0.25) is 0 Å². The molecule has 4 aromatic rings. The molecule has 3 fully saturated rings. The molecule has 0 radical (unpaired) electrons. The Morgan fingerprint density at radius 2 is 1.88 bits per heavy atom. The summed E-state index contributed by atoms with van der Waals surface area (Å²) >= 11 is 1.30. The van der Waals surface area contributed by atoms with Crippen molar-refractivity contribution in [3.8, 4) is 17.0 Å². The van der Waals surface area contributed by atoms with Crippen molar-refractivity contribution in [3.63, 3.8) is 0 Å². The van der Waals surface area contributed by atoms with Crippen LogP contribution < -0.4 is 15.0 Å². The van der Waals surface area contributed by atoms with Crippen LogP contribution in [0.2, 0.25) is 0 Å². The van der Waals surface area contributed by atoms with Gasteiger partial charge in [0.15, 0.2) is 10.9 Å². The van der Waals surface area contributed by atoms with Crippen molar-refractivity contribution >= 4 is 32.7 Å². The number of para-hydroxylation sites is 1. The van der Waals surface area contributed by atoms with Gasteiger partial charge in [-0.1, -0.05) is 28.6 Å². The predicted molar refractivity (Wildman–Crippen MR) is 146 cm³/mol. The molecular formula is C29H26F4N4O4S. The van der Waals surface area contributed by atoms with Gasteiger partial charge in [-0.3, -0.25) is 0 Å². The maximum atomic E-state index is 14.6. The van der Waals surface area contributed by atoms with Gasteiger partial charge >= 0.3 is 12.3 Å². The highest BCUT2D eigenvalue weighted by Gasteiger charge is 2.43. The normalized spacial score (nSPS) is 22.2. The fourth-order valence-electron chi connectivity index (χ4n) is 6.36. The number of nitrogens with zero attached hydrogens (tertiary/aromatic N) is 3. The monoisotopic (exact) mass is 602 g/mol. The van der Waals surface area contributed by atoms with Crippen LogP contribution in [0.4, 0.5) is 22.7 Å². The molecule has 220 valence electrons. The molecule has 0 amide bonds. The first-order valence-corrected chi connectivity index (χ1v) is 14.6. The standard InChI is InChI=1S/C29H26F4N4O4S/c30-21-9-15(27(38)39)10-23-25(21)35-28(42-23)37-17-7-8-18(37)12-16(11-17)34-13-20-24(36-41-26(20)14-5-6-14)19-3-1-2-4-22(19)40-29(31,32)33/h1-4,9-10,14,16-18,34H,5-8,11-13H2,(H,38,39). The molecule has 2 saturated heterocycles. The molecule has 2 N–H and O–H groups in total. The first-order chi connectivity index (χ1) is 20.1. The number of carboxylic acid groups (broad SMARTS) is 1. The summed E-state index contributed by atoms with van der Waals surface area (Å²) in [5.41, 5.74) is 1.41. The number of hydrogen-bond acceptors (Lipinski definition) is 8. The van der Waals surface area contributed by atoms with Crippen LogP contribution in [0.25, 0.3) is 21.5 Å². The lowest BCUT2D eigenvalue weighted by Crippen LogP contribution is -2.49. The Kier molecular flexibility index (Phi) is 6.61.